The van der Waals surface area contributed by atoms with Crippen LogP contribution in [0.4, 0.5) is 0 Å². The van der Waals surface area contributed by atoms with Crippen LogP contribution in [0.25, 0.3) is 10.9 Å². The van der Waals surface area contributed by atoms with Crippen LogP contribution in [0.15, 0.2) is 79.1 Å². The van der Waals surface area contributed by atoms with E-state index in [1.165, 1.54) is 18.6 Å². The number of nitrogens with one attached hydrogen (secondary N) is 1. The minimum atomic E-state index is -1.05. The number of aryl methyl sites for hydroxylation is 1. The lowest BCUT2D eigenvalue weighted by Crippen LogP contribution is -2.26. The van der Waals surface area contributed by atoms with E-state index in [1.54, 1.807) is 6.08 Å². The van der Waals surface area contributed by atoms with E-state index in [4.69, 9.17) is 9.84 Å². The number of carboxylic acid groups (broad SMARTS) is 1. The number of aromatic nitrogens is 1. The van der Waals surface area contributed by atoms with Gasteiger partial charge in [-0.3, -0.25) is 4.79 Å². The highest BCUT2D eigenvalue weighted by atomic mass is 16.5. The first-order chi connectivity index (χ1) is 18.2. The van der Waals surface area contributed by atoms with Gasteiger partial charge in [-0.2, -0.15) is 0 Å². The number of nitrogens with zero attached hydrogens (tertiary/aromatic N) is 1. The molecule has 206 valence electrons. The van der Waals surface area contributed by atoms with E-state index in [-0.39, 0.29) is 17.4 Å². The van der Waals surface area contributed by atoms with E-state index in [9.17, 15) is 9.59 Å². The van der Waals surface area contributed by atoms with Crippen molar-refractivity contribution in [1.29, 1.82) is 0 Å². The molecule has 0 saturated heterocycles. The van der Waals surface area contributed by atoms with Gasteiger partial charge in [-0.1, -0.05) is 58.2 Å². The third-order valence-electron chi connectivity index (χ3n) is 7.09. The topological polar surface area (TPSA) is 80.6 Å². The summed E-state index contributed by atoms with van der Waals surface area (Å²) in [5.41, 5.74) is 6.86. The first kappa shape index (κ1) is 29.5. The number of allylic oxidation sites excluding steroid dienone is 3. The van der Waals surface area contributed by atoms with Crippen molar-refractivity contribution < 1.29 is 19.4 Å². The van der Waals surface area contributed by atoms with Gasteiger partial charge in [0.05, 0.1) is 6.04 Å². The van der Waals surface area contributed by atoms with Crippen LogP contribution >= 0.6 is 0 Å². The zero-order valence-corrected chi connectivity index (χ0v) is 24.1. The number of carboxylic acids is 1. The minimum Gasteiger partial charge on any atom is -0.479 e. The molecule has 0 spiro atoms. The van der Waals surface area contributed by atoms with Gasteiger partial charge in [-0.05, 0) is 85.7 Å². The average Bonchev–Trinajstić information content (AvgIpc) is 3.11. The molecule has 1 aromatic heterocycles. The highest BCUT2D eigenvalue weighted by Crippen LogP contribution is 2.28. The van der Waals surface area contributed by atoms with Gasteiger partial charge in [0, 0.05) is 28.7 Å². The van der Waals surface area contributed by atoms with Crippen molar-refractivity contribution in [2.45, 2.75) is 72.6 Å². The molecule has 0 radical (unpaired) electrons. The molecule has 6 heteroatoms. The van der Waals surface area contributed by atoms with Gasteiger partial charge < -0.3 is 19.7 Å². The maximum atomic E-state index is 13.2. The van der Waals surface area contributed by atoms with E-state index < -0.39 is 12.1 Å². The Morgan fingerprint density at radius 2 is 1.74 bits per heavy atom. The summed E-state index contributed by atoms with van der Waals surface area (Å²) >= 11 is 0. The van der Waals surface area contributed by atoms with Crippen LogP contribution in [-0.2, 0) is 21.5 Å². The van der Waals surface area contributed by atoms with E-state index in [0.29, 0.717) is 17.9 Å². The lowest BCUT2D eigenvalue weighted by Gasteiger charge is -2.21. The standard InChI is InChI=1S/C33H40N2O4/c1-10-28(39-24(6)32(37)38)17-20(2)19-35-23(5)21(3)29-18-26(13-16-30(29)35)31(36)34-22(4)25-11-14-27(15-12-25)33(7,8)9/h10-18,22,24H,1-2,19H2,3-9H3,(H,34,36)(H,37,38)/b28-17+/t22-,24-/m0/s1. The third kappa shape index (κ3) is 6.88. The van der Waals surface area contributed by atoms with E-state index in [2.05, 4.69) is 68.1 Å². The zero-order chi connectivity index (χ0) is 29.1. The van der Waals surface area contributed by atoms with Gasteiger partial charge in [-0.25, -0.2) is 4.79 Å². The maximum Gasteiger partial charge on any atom is 0.344 e. The van der Waals surface area contributed by atoms with E-state index in [1.807, 2.05) is 39.0 Å². The molecule has 6 nitrogen and oxygen atoms in total. The Bertz CT molecular complexity index is 1440. The van der Waals surface area contributed by atoms with Gasteiger partial charge in [0.2, 0.25) is 0 Å². The number of ether oxygens (including phenoxy) is 1. The molecule has 1 amide bonds. The smallest absolute Gasteiger partial charge is 0.344 e. The quantitative estimate of drug-likeness (QED) is 0.216. The monoisotopic (exact) mass is 528 g/mol. The fourth-order valence-corrected chi connectivity index (χ4v) is 4.48. The molecule has 3 rings (SSSR count). The molecule has 0 saturated carbocycles. The van der Waals surface area contributed by atoms with Crippen molar-refractivity contribution in [1.82, 2.24) is 9.88 Å². The summed E-state index contributed by atoms with van der Waals surface area (Å²) in [6.07, 6.45) is 2.18. The van der Waals surface area contributed by atoms with Gasteiger partial charge >= 0.3 is 5.97 Å². The maximum absolute atomic E-state index is 13.2. The number of rotatable bonds is 10. The Labute approximate surface area is 231 Å². The van der Waals surface area contributed by atoms with Crippen LogP contribution < -0.4 is 5.32 Å². The molecule has 0 aliphatic carbocycles. The SMILES string of the molecule is C=C/C(=C\C(=C)Cn1c(C)c(C)c2cc(C(=O)N[C@@H](C)c3ccc(C(C)(C)C)cc3)ccc21)O[C@@H](C)C(=O)O. The summed E-state index contributed by atoms with van der Waals surface area (Å²) < 4.78 is 7.58. The van der Waals surface area contributed by atoms with Gasteiger partial charge in [0.1, 0.15) is 5.76 Å². The molecule has 0 unspecified atom stereocenters. The second-order valence-electron chi connectivity index (χ2n) is 11.1. The molecule has 0 fully saturated rings. The summed E-state index contributed by atoms with van der Waals surface area (Å²) in [6.45, 7) is 22.4. The third-order valence-corrected chi connectivity index (χ3v) is 7.09. The molecular weight excluding hydrogens is 488 g/mol. The highest BCUT2D eigenvalue weighted by Gasteiger charge is 2.18. The predicted octanol–water partition coefficient (Wildman–Crippen LogP) is 7.16. The number of carbonyl (C=O) groups is 2. The molecule has 0 aliphatic rings. The minimum absolute atomic E-state index is 0.0795. The van der Waals surface area contributed by atoms with Crippen molar-refractivity contribution in [3.8, 4) is 0 Å². The van der Waals surface area contributed by atoms with Crippen molar-refractivity contribution in [3.05, 3.63) is 107 Å². The molecule has 2 aromatic carbocycles. The number of amides is 1. The van der Waals surface area contributed by atoms with Crippen molar-refractivity contribution in [2.24, 2.45) is 0 Å². The first-order valence-corrected chi connectivity index (χ1v) is 13.1. The van der Waals surface area contributed by atoms with Crippen molar-refractivity contribution in [3.63, 3.8) is 0 Å². The van der Waals surface area contributed by atoms with Gasteiger partial charge in [0.25, 0.3) is 5.91 Å². The van der Waals surface area contributed by atoms with E-state index >= 15 is 0 Å². The average molecular weight is 529 g/mol. The normalized spacial score (nSPS) is 13.6. The van der Waals surface area contributed by atoms with Crippen LogP contribution in [0, 0.1) is 13.8 Å². The molecule has 2 atom stereocenters. The summed E-state index contributed by atoms with van der Waals surface area (Å²) in [6, 6.07) is 14.0. The fourth-order valence-electron chi connectivity index (χ4n) is 4.48. The zero-order valence-electron chi connectivity index (χ0n) is 24.1. The Morgan fingerprint density at radius 3 is 2.31 bits per heavy atom. The predicted molar refractivity (Wildman–Crippen MR) is 158 cm³/mol. The van der Waals surface area contributed by atoms with Crippen LogP contribution in [0.2, 0.25) is 0 Å². The summed E-state index contributed by atoms with van der Waals surface area (Å²) in [7, 11) is 0. The molecule has 3 aromatic rings. The Balaban J connectivity index is 1.80. The molecule has 0 aliphatic heterocycles. The first-order valence-electron chi connectivity index (χ1n) is 13.1. The summed E-state index contributed by atoms with van der Waals surface area (Å²) in [4.78, 5) is 24.3. The van der Waals surface area contributed by atoms with Crippen molar-refractivity contribution >= 4 is 22.8 Å². The number of aliphatic carboxylic acids is 1. The number of hydrogen-bond acceptors (Lipinski definition) is 3. The number of benzene rings is 2. The number of carbonyl (C=O) groups excluding carboxylic acids is 1. The largest absolute Gasteiger partial charge is 0.479 e. The Hall–Kier alpha value is -4.06. The molecular formula is C33H40N2O4. The summed E-state index contributed by atoms with van der Waals surface area (Å²) in [5, 5.41) is 13.2. The summed E-state index contributed by atoms with van der Waals surface area (Å²) in [5.74, 6) is -0.826. The molecule has 39 heavy (non-hydrogen) atoms. The second-order valence-corrected chi connectivity index (χ2v) is 11.1. The van der Waals surface area contributed by atoms with Crippen LogP contribution in [0.3, 0.4) is 0 Å². The number of fused-ring (bicyclic) bond motifs is 1. The second kappa shape index (κ2) is 11.8. The lowest BCUT2D eigenvalue weighted by atomic mass is 9.86. The van der Waals surface area contributed by atoms with Gasteiger partial charge in [-0.15, -0.1) is 0 Å². The highest BCUT2D eigenvalue weighted by molar-refractivity contribution is 5.99. The molecule has 2 N–H and O–H groups in total. The van der Waals surface area contributed by atoms with Crippen LogP contribution in [0.5, 0.6) is 0 Å². The van der Waals surface area contributed by atoms with Crippen LogP contribution in [0.1, 0.15) is 73.4 Å². The Morgan fingerprint density at radius 1 is 1.10 bits per heavy atom. The fraction of sp³-hybridized carbons (Fsp3) is 0.333. The van der Waals surface area contributed by atoms with E-state index in [0.717, 1.165) is 33.3 Å². The molecule has 0 bridgehead atoms. The van der Waals surface area contributed by atoms with Crippen LogP contribution in [-0.4, -0.2) is 27.7 Å². The van der Waals surface area contributed by atoms with Gasteiger partial charge in [0.15, 0.2) is 6.10 Å². The lowest BCUT2D eigenvalue weighted by molar-refractivity contribution is -0.146. The Kier molecular flexibility index (Phi) is 8.90. The molecule has 1 heterocycles. The van der Waals surface area contributed by atoms with Crippen molar-refractivity contribution in [2.75, 3.05) is 0 Å². The number of hydrogen-bond donors (Lipinski definition) is 2.